The van der Waals surface area contributed by atoms with E-state index in [0.29, 0.717) is 43.7 Å². The normalized spacial score (nSPS) is 12.4. The molecule has 2 amide bonds. The standard InChI is InChI=1S/C25H20N4O6S/c1-13-21-24(36-22(13)23(32)28-15-5-3-4-6-18(15)34-2)26-12-29(25(21)33)10-17(30)14-7-8-19-16(9-14)27-20(31)11-35-19/h3-9,12H,10-11H2,1-2H3,(H,27,31)(H,28,32). The van der Waals surface area contributed by atoms with E-state index in [9.17, 15) is 19.2 Å². The molecule has 0 saturated carbocycles. The number of anilines is 2. The van der Waals surface area contributed by atoms with E-state index in [-0.39, 0.29) is 36.1 Å². The number of hydrogen-bond donors (Lipinski definition) is 2. The molecule has 0 fully saturated rings. The number of carbonyl (C=O) groups excluding carboxylic acids is 3. The van der Waals surface area contributed by atoms with Crippen LogP contribution >= 0.6 is 11.3 Å². The number of aromatic nitrogens is 2. The summed E-state index contributed by atoms with van der Waals surface area (Å²) < 4.78 is 11.8. The molecule has 0 spiro atoms. The largest absolute Gasteiger partial charge is 0.495 e. The number of para-hydroxylation sites is 2. The Morgan fingerprint density at radius 2 is 2.03 bits per heavy atom. The molecule has 11 heteroatoms. The lowest BCUT2D eigenvalue weighted by Gasteiger charge is -2.18. The number of methoxy groups -OCH3 is 1. The number of amides is 2. The molecule has 0 saturated heterocycles. The highest BCUT2D eigenvalue weighted by Gasteiger charge is 2.22. The highest BCUT2D eigenvalue weighted by Crippen LogP contribution is 2.30. The van der Waals surface area contributed by atoms with Crippen LogP contribution in [0, 0.1) is 6.92 Å². The smallest absolute Gasteiger partial charge is 0.266 e. The number of ketones is 1. The Bertz CT molecular complexity index is 1610. The molecule has 0 radical (unpaired) electrons. The van der Waals surface area contributed by atoms with Crippen LogP contribution in [0.3, 0.4) is 0 Å². The van der Waals surface area contributed by atoms with E-state index in [1.807, 2.05) is 0 Å². The molecule has 36 heavy (non-hydrogen) atoms. The van der Waals surface area contributed by atoms with Crippen LogP contribution in [-0.2, 0) is 11.3 Å². The molecule has 2 N–H and O–H groups in total. The van der Waals surface area contributed by atoms with E-state index >= 15 is 0 Å². The van der Waals surface area contributed by atoms with Gasteiger partial charge in [-0.15, -0.1) is 11.3 Å². The van der Waals surface area contributed by atoms with E-state index in [0.717, 1.165) is 11.3 Å². The number of nitrogens with one attached hydrogen (secondary N) is 2. The van der Waals surface area contributed by atoms with Gasteiger partial charge in [-0.1, -0.05) is 12.1 Å². The summed E-state index contributed by atoms with van der Waals surface area (Å²) in [5.74, 6) is -0.0594. The third-order valence-electron chi connectivity index (χ3n) is 5.73. The van der Waals surface area contributed by atoms with Gasteiger partial charge in [0.1, 0.15) is 16.3 Å². The Balaban J connectivity index is 1.42. The molecule has 5 rings (SSSR count). The van der Waals surface area contributed by atoms with Crippen LogP contribution in [0.25, 0.3) is 10.2 Å². The number of nitrogens with zero attached hydrogens (tertiary/aromatic N) is 2. The van der Waals surface area contributed by atoms with Gasteiger partial charge in [-0.3, -0.25) is 23.7 Å². The van der Waals surface area contributed by atoms with Crippen LogP contribution < -0.4 is 25.7 Å². The molecule has 3 heterocycles. The predicted octanol–water partition coefficient (Wildman–Crippen LogP) is 3.24. The van der Waals surface area contributed by atoms with Crippen molar-refractivity contribution in [3.8, 4) is 11.5 Å². The van der Waals surface area contributed by atoms with Crippen LogP contribution in [0.2, 0.25) is 0 Å². The molecule has 0 unspecified atom stereocenters. The minimum absolute atomic E-state index is 0.0831. The van der Waals surface area contributed by atoms with Gasteiger partial charge in [0.2, 0.25) is 0 Å². The molecular weight excluding hydrogens is 484 g/mol. The van der Waals surface area contributed by atoms with Crippen LogP contribution in [-0.4, -0.2) is 40.9 Å². The summed E-state index contributed by atoms with van der Waals surface area (Å²) in [5, 5.41) is 5.75. The van der Waals surface area contributed by atoms with Crippen LogP contribution in [0.5, 0.6) is 11.5 Å². The first-order valence-electron chi connectivity index (χ1n) is 10.9. The van der Waals surface area contributed by atoms with Crippen molar-refractivity contribution in [1.82, 2.24) is 9.55 Å². The zero-order valence-corrected chi connectivity index (χ0v) is 20.1. The summed E-state index contributed by atoms with van der Waals surface area (Å²) in [6.45, 7) is 1.34. The number of Topliss-reactive ketones (excluding diaryl/α,β-unsaturated/α-hetero) is 1. The van der Waals surface area contributed by atoms with Crippen LogP contribution in [0.15, 0.2) is 53.6 Å². The third kappa shape index (κ3) is 4.20. The van der Waals surface area contributed by atoms with Gasteiger partial charge in [0.25, 0.3) is 17.4 Å². The number of thiophene rings is 1. The first-order chi connectivity index (χ1) is 17.4. The molecule has 182 valence electrons. The summed E-state index contributed by atoms with van der Waals surface area (Å²) in [7, 11) is 1.51. The maximum absolute atomic E-state index is 13.2. The van der Waals surface area contributed by atoms with Gasteiger partial charge in [0.05, 0.1) is 41.6 Å². The van der Waals surface area contributed by atoms with E-state index in [1.165, 1.54) is 24.1 Å². The lowest BCUT2D eigenvalue weighted by Crippen LogP contribution is -2.26. The molecule has 0 aliphatic carbocycles. The third-order valence-corrected chi connectivity index (χ3v) is 6.93. The maximum atomic E-state index is 13.2. The minimum Gasteiger partial charge on any atom is -0.495 e. The van der Waals surface area contributed by atoms with E-state index in [4.69, 9.17) is 9.47 Å². The Morgan fingerprint density at radius 1 is 1.22 bits per heavy atom. The maximum Gasteiger partial charge on any atom is 0.266 e. The molecule has 2 aromatic carbocycles. The SMILES string of the molecule is COc1ccccc1NC(=O)c1sc2ncn(CC(=O)c3ccc4c(c3)NC(=O)CO4)c(=O)c2c1C. The Kier molecular flexibility index (Phi) is 5.98. The Morgan fingerprint density at radius 3 is 2.83 bits per heavy atom. The van der Waals surface area contributed by atoms with Crippen molar-refractivity contribution in [3.63, 3.8) is 0 Å². The molecule has 0 bridgehead atoms. The van der Waals surface area contributed by atoms with Gasteiger partial charge in [-0.2, -0.15) is 0 Å². The molecule has 1 aliphatic heterocycles. The van der Waals surface area contributed by atoms with Crippen molar-refractivity contribution in [3.05, 3.63) is 75.1 Å². The zero-order valence-electron chi connectivity index (χ0n) is 19.3. The van der Waals surface area contributed by atoms with Crippen LogP contribution in [0.4, 0.5) is 11.4 Å². The van der Waals surface area contributed by atoms with Gasteiger partial charge in [-0.25, -0.2) is 4.98 Å². The number of aryl methyl sites for hydroxylation is 1. The Hall–Kier alpha value is -4.51. The van der Waals surface area contributed by atoms with Crippen molar-refractivity contribution >= 4 is 50.5 Å². The molecule has 1 aliphatic rings. The summed E-state index contributed by atoms with van der Waals surface area (Å²) >= 11 is 1.10. The highest BCUT2D eigenvalue weighted by atomic mass is 32.1. The summed E-state index contributed by atoms with van der Waals surface area (Å²) in [6, 6.07) is 11.7. The summed E-state index contributed by atoms with van der Waals surface area (Å²) in [4.78, 5) is 55.8. The van der Waals surface area contributed by atoms with Gasteiger partial charge >= 0.3 is 0 Å². The quantitative estimate of drug-likeness (QED) is 0.386. The van der Waals surface area contributed by atoms with Crippen molar-refractivity contribution < 1.29 is 23.9 Å². The number of rotatable bonds is 6. The fourth-order valence-corrected chi connectivity index (χ4v) is 4.95. The first kappa shape index (κ1) is 23.2. The summed E-state index contributed by atoms with van der Waals surface area (Å²) in [5.41, 5.74) is 1.27. The van der Waals surface area contributed by atoms with E-state index in [2.05, 4.69) is 15.6 Å². The highest BCUT2D eigenvalue weighted by molar-refractivity contribution is 7.20. The van der Waals surface area contributed by atoms with Crippen molar-refractivity contribution in [2.75, 3.05) is 24.4 Å². The predicted molar refractivity (Wildman–Crippen MR) is 134 cm³/mol. The second-order valence-electron chi connectivity index (χ2n) is 8.04. The molecule has 2 aromatic heterocycles. The van der Waals surface area contributed by atoms with Crippen molar-refractivity contribution in [2.45, 2.75) is 13.5 Å². The molecule has 10 nitrogen and oxygen atoms in total. The van der Waals surface area contributed by atoms with Crippen LogP contribution in [0.1, 0.15) is 25.6 Å². The monoisotopic (exact) mass is 504 g/mol. The number of ether oxygens (including phenoxy) is 2. The average molecular weight is 505 g/mol. The topological polar surface area (TPSA) is 129 Å². The molecule has 0 atom stereocenters. The van der Waals surface area contributed by atoms with E-state index in [1.54, 1.807) is 43.3 Å². The van der Waals surface area contributed by atoms with Gasteiger partial charge in [-0.05, 0) is 42.8 Å². The minimum atomic E-state index is -0.423. The lowest BCUT2D eigenvalue weighted by atomic mass is 10.1. The average Bonchev–Trinajstić information content (AvgIpc) is 3.22. The first-order valence-corrected chi connectivity index (χ1v) is 11.7. The zero-order chi connectivity index (χ0) is 25.4. The number of hydrogen-bond acceptors (Lipinski definition) is 8. The van der Waals surface area contributed by atoms with Gasteiger partial charge in [0, 0.05) is 5.56 Å². The number of benzene rings is 2. The summed E-state index contributed by atoms with van der Waals surface area (Å²) in [6.07, 6.45) is 1.30. The lowest BCUT2D eigenvalue weighted by molar-refractivity contribution is -0.118. The number of carbonyl (C=O) groups is 3. The molecule has 4 aromatic rings. The van der Waals surface area contributed by atoms with Crippen molar-refractivity contribution in [1.29, 1.82) is 0 Å². The fraction of sp³-hybridized carbons (Fsp3) is 0.160. The molecular formula is C25H20N4O6S. The fourth-order valence-electron chi connectivity index (χ4n) is 3.92. The van der Waals surface area contributed by atoms with E-state index < -0.39 is 5.56 Å². The van der Waals surface area contributed by atoms with Gasteiger partial charge in [0.15, 0.2) is 12.4 Å². The second kappa shape index (κ2) is 9.27. The number of fused-ring (bicyclic) bond motifs is 2. The second-order valence-corrected chi connectivity index (χ2v) is 9.04. The Labute approximate surface area is 208 Å². The van der Waals surface area contributed by atoms with Crippen molar-refractivity contribution in [2.24, 2.45) is 0 Å². The van der Waals surface area contributed by atoms with Gasteiger partial charge < -0.3 is 20.1 Å².